The summed E-state index contributed by atoms with van der Waals surface area (Å²) in [4.78, 5) is 0. The van der Waals surface area contributed by atoms with E-state index < -0.39 is 0 Å². The molecule has 0 N–H and O–H groups in total. The molecule has 0 atom stereocenters. The molecule has 1 aromatic carbocycles. The molecular weight excluding hydrogens is 220 g/mol. The van der Waals surface area contributed by atoms with E-state index in [-0.39, 0.29) is 0 Å². The number of hydrogen-bond donors (Lipinski definition) is 0. The van der Waals surface area contributed by atoms with Crippen LogP contribution in [0.3, 0.4) is 0 Å². The fraction of sp³-hybridized carbons (Fsp3) is 0.462. The average molecular weight is 239 g/mol. The second kappa shape index (κ2) is 4.91. The van der Waals surface area contributed by atoms with E-state index in [9.17, 15) is 0 Å². The van der Waals surface area contributed by atoms with E-state index >= 15 is 0 Å². The first-order valence-corrected chi connectivity index (χ1v) is 6.13. The molecule has 0 aliphatic heterocycles. The summed E-state index contributed by atoms with van der Waals surface area (Å²) in [5, 5.41) is 0. The van der Waals surface area contributed by atoms with Gasteiger partial charge in [0.05, 0.1) is 0 Å². The Morgan fingerprint density at radius 1 is 1.00 bits per heavy atom. The van der Waals surface area contributed by atoms with E-state index in [2.05, 4.69) is 51.3 Å². The van der Waals surface area contributed by atoms with Crippen molar-refractivity contribution in [3.63, 3.8) is 0 Å². The van der Waals surface area contributed by atoms with Crippen LogP contribution in [-0.4, -0.2) is 5.42 Å². The van der Waals surface area contributed by atoms with Gasteiger partial charge in [-0.15, -0.1) is 0 Å². The summed E-state index contributed by atoms with van der Waals surface area (Å²) < 4.78 is 1.36. The van der Waals surface area contributed by atoms with Crippen molar-refractivity contribution in [3.8, 4) is 0 Å². The van der Waals surface area contributed by atoms with Crippen LogP contribution in [0.15, 0.2) is 18.2 Å². The van der Waals surface area contributed by atoms with Crippen LogP contribution < -0.4 is 4.46 Å². The predicted octanol–water partition coefficient (Wildman–Crippen LogP) is 3.07. The van der Waals surface area contributed by atoms with Gasteiger partial charge >= 0.3 is 93.3 Å². The Balaban J connectivity index is 3.32. The Morgan fingerprint density at radius 2 is 1.43 bits per heavy atom. The molecule has 14 heavy (non-hydrogen) atoms. The average Bonchev–Trinajstić information content (AvgIpc) is 2.16. The van der Waals surface area contributed by atoms with Crippen molar-refractivity contribution in [2.24, 2.45) is 0 Å². The SMILES string of the molecule is [CH2]=[Cu][c]1c(C(C)C)cccc1C(C)C. The molecule has 1 heteroatoms. The first kappa shape index (κ1) is 11.7. The standard InChI is InChI=1S/C12H17.CH2.Cu/c1-9(2)11-6-5-7-12(8-11)10(3)4;;/h5-7,9-10H,1-4H3;1H2;. The molecule has 0 aliphatic rings. The van der Waals surface area contributed by atoms with Crippen molar-refractivity contribution in [1.29, 1.82) is 0 Å². The molecule has 0 fully saturated rings. The first-order chi connectivity index (χ1) is 6.57. The molecule has 0 saturated carbocycles. The summed E-state index contributed by atoms with van der Waals surface area (Å²) in [6.45, 7) is 8.93. The minimum absolute atomic E-state index is 0.579. The van der Waals surface area contributed by atoms with Crippen molar-refractivity contribution in [3.05, 3.63) is 29.3 Å². The van der Waals surface area contributed by atoms with Crippen LogP contribution in [0.1, 0.15) is 50.7 Å². The Bertz CT molecular complexity index is 298. The zero-order chi connectivity index (χ0) is 10.7. The van der Waals surface area contributed by atoms with Crippen molar-refractivity contribution in [2.75, 3.05) is 0 Å². The van der Waals surface area contributed by atoms with E-state index in [1.165, 1.54) is 15.6 Å². The quantitative estimate of drug-likeness (QED) is 0.711. The Kier molecular flexibility index (Phi) is 4.10. The minimum atomic E-state index is 0.579. The first-order valence-electron chi connectivity index (χ1n) is 4.99. The van der Waals surface area contributed by atoms with Crippen molar-refractivity contribution in [2.45, 2.75) is 39.5 Å². The van der Waals surface area contributed by atoms with Crippen LogP contribution in [0.25, 0.3) is 0 Å². The molecule has 0 aromatic heterocycles. The topological polar surface area (TPSA) is 0 Å². The van der Waals surface area contributed by atoms with E-state index in [1.807, 2.05) is 0 Å². The maximum absolute atomic E-state index is 3.95. The molecular formula is C13H19Cu. The van der Waals surface area contributed by atoms with Gasteiger partial charge in [-0.3, -0.25) is 0 Å². The van der Waals surface area contributed by atoms with Gasteiger partial charge in [0, 0.05) is 0 Å². The third-order valence-corrected chi connectivity index (χ3v) is 3.24. The zero-order valence-corrected chi connectivity index (χ0v) is 10.3. The summed E-state index contributed by atoms with van der Waals surface area (Å²) in [5.41, 5.74) is 6.79. The number of rotatable bonds is 3. The number of hydrogen-bond acceptors (Lipinski definition) is 0. The third kappa shape index (κ3) is 2.34. The van der Waals surface area contributed by atoms with Crippen LogP contribution in [0.5, 0.6) is 0 Å². The van der Waals surface area contributed by atoms with Gasteiger partial charge in [0.1, 0.15) is 0 Å². The Labute approximate surface area is 93.4 Å². The fourth-order valence-corrected chi connectivity index (χ4v) is 2.61. The van der Waals surface area contributed by atoms with Gasteiger partial charge in [0.25, 0.3) is 0 Å². The summed E-state index contributed by atoms with van der Waals surface area (Å²) in [6, 6.07) is 6.57. The normalized spacial score (nSPS) is 11.6. The third-order valence-electron chi connectivity index (χ3n) is 2.36. The molecule has 0 spiro atoms. The molecule has 1 aromatic rings. The second-order valence-corrected chi connectivity index (χ2v) is 4.93. The maximum atomic E-state index is 3.95. The monoisotopic (exact) mass is 238 g/mol. The molecule has 0 amide bonds. The van der Waals surface area contributed by atoms with Crippen LogP contribution in [0.4, 0.5) is 0 Å². The van der Waals surface area contributed by atoms with Crippen LogP contribution in [0, 0.1) is 0 Å². The fourth-order valence-electron chi connectivity index (χ4n) is 1.53. The van der Waals surface area contributed by atoms with Gasteiger partial charge in [-0.25, -0.2) is 0 Å². The molecule has 1 rings (SSSR count). The molecule has 0 aliphatic carbocycles. The zero-order valence-electron chi connectivity index (χ0n) is 9.40. The van der Waals surface area contributed by atoms with E-state index in [1.54, 1.807) is 14.5 Å². The van der Waals surface area contributed by atoms with Crippen LogP contribution in [-0.2, 0) is 14.5 Å². The van der Waals surface area contributed by atoms with E-state index in [0.29, 0.717) is 11.8 Å². The van der Waals surface area contributed by atoms with E-state index in [4.69, 9.17) is 0 Å². The molecule has 0 saturated heterocycles. The summed E-state index contributed by atoms with van der Waals surface area (Å²) in [6.07, 6.45) is 0. The van der Waals surface area contributed by atoms with Crippen LogP contribution in [0.2, 0.25) is 0 Å². The van der Waals surface area contributed by atoms with Crippen molar-refractivity contribution >= 4 is 9.89 Å². The van der Waals surface area contributed by atoms with Crippen LogP contribution >= 0.6 is 0 Å². The molecule has 82 valence electrons. The molecule has 0 heterocycles. The van der Waals surface area contributed by atoms with Gasteiger partial charge in [-0.1, -0.05) is 0 Å². The van der Waals surface area contributed by atoms with Gasteiger partial charge in [-0.05, 0) is 0 Å². The number of benzene rings is 1. The van der Waals surface area contributed by atoms with Gasteiger partial charge in [0.2, 0.25) is 0 Å². The van der Waals surface area contributed by atoms with E-state index in [0.717, 1.165) is 0 Å². The predicted molar refractivity (Wildman–Crippen MR) is 61.4 cm³/mol. The molecule has 0 nitrogen and oxygen atoms in total. The van der Waals surface area contributed by atoms with Gasteiger partial charge in [0.15, 0.2) is 0 Å². The second-order valence-electron chi connectivity index (χ2n) is 4.13. The van der Waals surface area contributed by atoms with Gasteiger partial charge in [-0.2, -0.15) is 0 Å². The summed E-state index contributed by atoms with van der Waals surface area (Å²) in [7, 11) is 0. The van der Waals surface area contributed by atoms with Crippen molar-refractivity contribution in [1.82, 2.24) is 0 Å². The summed E-state index contributed by atoms with van der Waals surface area (Å²) >= 11 is 1.72. The van der Waals surface area contributed by atoms with Gasteiger partial charge < -0.3 is 0 Å². The molecule has 0 bridgehead atoms. The summed E-state index contributed by atoms with van der Waals surface area (Å²) in [5.74, 6) is 1.16. The molecule has 0 unspecified atom stereocenters. The Morgan fingerprint density at radius 3 is 1.71 bits per heavy atom. The van der Waals surface area contributed by atoms with Crippen molar-refractivity contribution < 1.29 is 14.5 Å². The molecule has 0 radical (unpaired) electrons. The Hall–Kier alpha value is -0.391.